The number of hydrogen-bond donors (Lipinski definition) is 0. The van der Waals surface area contributed by atoms with E-state index in [4.69, 9.17) is 0 Å². The maximum absolute atomic E-state index is 2.35. The smallest absolute Gasteiger partial charge is 0.0187 e. The Morgan fingerprint density at radius 3 is 0.789 bits per heavy atom. The van der Waals surface area contributed by atoms with Gasteiger partial charge in [0.15, 0.2) is 0 Å². The van der Waals surface area contributed by atoms with Crippen molar-refractivity contribution in [3.63, 3.8) is 0 Å². The standard InChI is InChI=1S/C38H52/c1-23(2)37-33-15-13-16-34(37)30(10)26(6)20-22-28(8)32(12)36-18-14-17-35(38(36)24(3)4)31(11)27(7)21-19-25(5)29(33)9/h13-18,23-24H,19-22H2,1-12H3. The monoisotopic (exact) mass is 508 g/mol. The molecule has 0 aromatic heterocycles. The fourth-order valence-corrected chi connectivity index (χ4v) is 6.10. The average Bonchev–Trinajstić information content (AvgIpc) is 2.90. The molecule has 204 valence electrons. The van der Waals surface area contributed by atoms with Gasteiger partial charge in [0.05, 0.1) is 0 Å². The molecule has 0 spiro atoms. The first-order valence-corrected chi connectivity index (χ1v) is 14.8. The van der Waals surface area contributed by atoms with E-state index in [1.807, 2.05) is 0 Å². The molecule has 0 heterocycles. The average molecular weight is 509 g/mol. The number of rotatable bonds is 2. The Bertz CT molecular complexity index is 1120. The number of hydrogen-bond acceptors (Lipinski definition) is 0. The summed E-state index contributed by atoms with van der Waals surface area (Å²) in [5.41, 5.74) is 20.6. The minimum atomic E-state index is 0.476. The molecule has 0 atom stereocenters. The molecule has 1 aliphatic rings. The van der Waals surface area contributed by atoms with E-state index in [-0.39, 0.29) is 0 Å². The van der Waals surface area contributed by atoms with Crippen molar-refractivity contribution in [3.8, 4) is 0 Å². The molecule has 38 heavy (non-hydrogen) atoms. The fraction of sp³-hybridized carbons (Fsp3) is 0.474. The Hall–Kier alpha value is -2.60. The SMILES string of the molecule is CC1=C(C)c2cccc(c2C(C)C)C(C)=C(C)CCC(C)=C(C)c2cccc(c2C(C)C)C(C)=C(C)CC1. The fourth-order valence-electron chi connectivity index (χ4n) is 6.10. The first-order chi connectivity index (χ1) is 17.9. The molecule has 0 heteroatoms. The molecular weight excluding hydrogens is 456 g/mol. The summed E-state index contributed by atoms with van der Waals surface area (Å²) in [5.74, 6) is 0.953. The van der Waals surface area contributed by atoms with Crippen LogP contribution in [0, 0.1) is 0 Å². The number of allylic oxidation sites excluding steroid dienone is 8. The van der Waals surface area contributed by atoms with Gasteiger partial charge in [0.25, 0.3) is 0 Å². The molecule has 0 fully saturated rings. The summed E-state index contributed by atoms with van der Waals surface area (Å²) in [4.78, 5) is 0. The largest absolute Gasteiger partial charge is 0.0695 e. The molecule has 0 N–H and O–H groups in total. The van der Waals surface area contributed by atoms with Crippen LogP contribution in [0.25, 0.3) is 22.3 Å². The van der Waals surface area contributed by atoms with Crippen LogP contribution in [0.1, 0.15) is 154 Å². The van der Waals surface area contributed by atoms with Gasteiger partial charge < -0.3 is 0 Å². The Morgan fingerprint density at radius 1 is 0.395 bits per heavy atom. The predicted molar refractivity (Wildman–Crippen MR) is 173 cm³/mol. The summed E-state index contributed by atoms with van der Waals surface area (Å²) in [6.45, 7) is 28.2. The quantitative estimate of drug-likeness (QED) is 0.378. The first-order valence-electron chi connectivity index (χ1n) is 14.8. The molecule has 0 saturated heterocycles. The Labute approximate surface area is 234 Å². The van der Waals surface area contributed by atoms with Crippen LogP contribution >= 0.6 is 0 Å². The van der Waals surface area contributed by atoms with Gasteiger partial charge in [-0.15, -0.1) is 0 Å². The third-order valence-electron chi connectivity index (χ3n) is 9.29. The van der Waals surface area contributed by atoms with E-state index in [1.54, 1.807) is 0 Å². The lowest BCUT2D eigenvalue weighted by molar-refractivity contribution is 0.851. The maximum atomic E-state index is 2.35. The molecule has 2 aromatic rings. The number of fused-ring (bicyclic) bond motifs is 4. The summed E-state index contributed by atoms with van der Waals surface area (Å²) in [6, 6.07) is 13.9. The first kappa shape index (κ1) is 29.9. The van der Waals surface area contributed by atoms with Crippen molar-refractivity contribution in [1.29, 1.82) is 0 Å². The molecule has 2 aromatic carbocycles. The van der Waals surface area contributed by atoms with Crippen LogP contribution in [-0.4, -0.2) is 0 Å². The molecule has 0 unspecified atom stereocenters. The van der Waals surface area contributed by atoms with Crippen LogP contribution in [0.4, 0.5) is 0 Å². The van der Waals surface area contributed by atoms with Gasteiger partial charge in [-0.3, -0.25) is 0 Å². The van der Waals surface area contributed by atoms with Gasteiger partial charge in [-0.25, -0.2) is 0 Å². The zero-order valence-electron chi connectivity index (χ0n) is 26.4. The van der Waals surface area contributed by atoms with E-state index in [0.29, 0.717) is 11.8 Å². The van der Waals surface area contributed by atoms with E-state index in [0.717, 1.165) is 25.7 Å². The molecule has 0 radical (unpaired) electrons. The number of benzene rings is 2. The van der Waals surface area contributed by atoms with Crippen molar-refractivity contribution in [2.75, 3.05) is 0 Å². The summed E-state index contributed by atoms with van der Waals surface area (Å²) in [7, 11) is 0. The van der Waals surface area contributed by atoms with E-state index in [2.05, 4.69) is 119 Å². The van der Waals surface area contributed by atoms with E-state index in [9.17, 15) is 0 Å². The molecule has 0 aliphatic heterocycles. The molecule has 3 rings (SSSR count). The lowest BCUT2D eigenvalue weighted by Crippen LogP contribution is -2.04. The Balaban J connectivity index is 2.31. The zero-order valence-corrected chi connectivity index (χ0v) is 26.4. The van der Waals surface area contributed by atoms with Crippen LogP contribution in [-0.2, 0) is 0 Å². The lowest BCUT2D eigenvalue weighted by Gasteiger charge is -2.23. The second-order valence-corrected chi connectivity index (χ2v) is 12.5. The summed E-state index contributed by atoms with van der Waals surface area (Å²) < 4.78 is 0. The highest BCUT2D eigenvalue weighted by atomic mass is 14.2. The van der Waals surface area contributed by atoms with Crippen molar-refractivity contribution >= 4 is 22.3 Å². The highest BCUT2D eigenvalue weighted by molar-refractivity contribution is 5.80. The maximum Gasteiger partial charge on any atom is -0.0187 e. The van der Waals surface area contributed by atoms with Gasteiger partial charge in [0, 0.05) is 0 Å². The minimum Gasteiger partial charge on any atom is -0.0695 e. The predicted octanol–water partition coefficient (Wildman–Crippen LogP) is 12.4. The van der Waals surface area contributed by atoms with Crippen molar-refractivity contribution in [1.82, 2.24) is 0 Å². The van der Waals surface area contributed by atoms with E-state index < -0.39 is 0 Å². The topological polar surface area (TPSA) is 0 Å². The lowest BCUT2D eigenvalue weighted by atomic mass is 9.82. The summed E-state index contributed by atoms with van der Waals surface area (Å²) in [6.07, 6.45) is 4.39. The molecule has 4 bridgehead atoms. The van der Waals surface area contributed by atoms with Gasteiger partial charge in [0.2, 0.25) is 0 Å². The summed E-state index contributed by atoms with van der Waals surface area (Å²) in [5, 5.41) is 0. The molecule has 0 amide bonds. The second-order valence-electron chi connectivity index (χ2n) is 12.5. The van der Waals surface area contributed by atoms with Gasteiger partial charge in [-0.2, -0.15) is 0 Å². The highest BCUT2D eigenvalue weighted by Gasteiger charge is 2.19. The molecule has 0 saturated carbocycles. The van der Waals surface area contributed by atoms with Gasteiger partial charge in [-0.1, -0.05) is 86.4 Å². The van der Waals surface area contributed by atoms with Gasteiger partial charge in [-0.05, 0) is 149 Å². The van der Waals surface area contributed by atoms with E-state index in [1.165, 1.54) is 78.0 Å². The van der Waals surface area contributed by atoms with Crippen LogP contribution < -0.4 is 0 Å². The Morgan fingerprint density at radius 2 is 0.605 bits per heavy atom. The van der Waals surface area contributed by atoms with Crippen molar-refractivity contribution in [2.45, 2.75) is 121 Å². The normalized spacial score (nSPS) is 16.6. The van der Waals surface area contributed by atoms with Crippen molar-refractivity contribution in [2.24, 2.45) is 0 Å². The van der Waals surface area contributed by atoms with Gasteiger partial charge in [0.1, 0.15) is 0 Å². The van der Waals surface area contributed by atoms with Crippen LogP contribution in [0.3, 0.4) is 0 Å². The zero-order chi connectivity index (χ0) is 28.3. The minimum absolute atomic E-state index is 0.476. The second kappa shape index (κ2) is 12.5. The third kappa shape index (κ3) is 6.17. The molecule has 0 nitrogen and oxygen atoms in total. The highest BCUT2D eigenvalue weighted by Crippen LogP contribution is 2.39. The van der Waals surface area contributed by atoms with Crippen LogP contribution in [0.2, 0.25) is 0 Å². The van der Waals surface area contributed by atoms with Crippen LogP contribution in [0.5, 0.6) is 0 Å². The molecular formula is C38H52. The molecule has 1 aliphatic carbocycles. The van der Waals surface area contributed by atoms with Crippen LogP contribution in [0.15, 0.2) is 58.7 Å². The summed E-state index contributed by atoms with van der Waals surface area (Å²) >= 11 is 0. The van der Waals surface area contributed by atoms with Gasteiger partial charge >= 0.3 is 0 Å². The Kier molecular flexibility index (Phi) is 9.85. The van der Waals surface area contributed by atoms with Crippen molar-refractivity contribution in [3.05, 3.63) is 92.1 Å². The van der Waals surface area contributed by atoms with E-state index >= 15 is 0 Å². The third-order valence-corrected chi connectivity index (χ3v) is 9.29. The van der Waals surface area contributed by atoms with Crippen molar-refractivity contribution < 1.29 is 0 Å².